The molecule has 4 nitrogen and oxygen atoms in total. The Kier molecular flexibility index (Phi) is 5.01. The lowest BCUT2D eigenvalue weighted by Gasteiger charge is -2.14. The van der Waals surface area contributed by atoms with Crippen molar-refractivity contribution in [1.29, 1.82) is 0 Å². The molecule has 1 heterocycles. The first kappa shape index (κ1) is 14.6. The molecule has 1 atom stereocenters. The minimum Gasteiger partial charge on any atom is -0.311 e. The highest BCUT2D eigenvalue weighted by molar-refractivity contribution is 9.10. The van der Waals surface area contributed by atoms with Crippen molar-refractivity contribution in [1.82, 2.24) is 20.1 Å². The molecule has 1 unspecified atom stereocenters. The summed E-state index contributed by atoms with van der Waals surface area (Å²) < 4.78 is 2.99. The Labute approximate surface area is 126 Å². The number of rotatable bonds is 5. The molecule has 0 spiro atoms. The summed E-state index contributed by atoms with van der Waals surface area (Å²) in [4.78, 5) is 1.14. The van der Waals surface area contributed by atoms with E-state index in [4.69, 9.17) is 0 Å². The van der Waals surface area contributed by atoms with Gasteiger partial charge in [-0.1, -0.05) is 13.0 Å². The van der Waals surface area contributed by atoms with E-state index in [1.807, 2.05) is 11.6 Å². The van der Waals surface area contributed by atoms with Crippen LogP contribution in [0.25, 0.3) is 0 Å². The minimum atomic E-state index is 0.357. The van der Waals surface area contributed by atoms with Gasteiger partial charge in [-0.2, -0.15) is 0 Å². The average molecular weight is 341 g/mol. The second-order valence-corrected chi connectivity index (χ2v) is 6.16. The lowest BCUT2D eigenvalue weighted by atomic mass is 10.1. The molecule has 1 aromatic carbocycles. The van der Waals surface area contributed by atoms with Crippen LogP contribution in [0.5, 0.6) is 0 Å². The van der Waals surface area contributed by atoms with Crippen LogP contribution in [0.15, 0.2) is 39.1 Å². The third kappa shape index (κ3) is 3.58. The number of hydrogen-bond acceptors (Lipinski definition) is 4. The molecule has 1 aromatic heterocycles. The van der Waals surface area contributed by atoms with E-state index in [2.05, 4.69) is 63.5 Å². The fourth-order valence-corrected chi connectivity index (χ4v) is 3.16. The van der Waals surface area contributed by atoms with Crippen molar-refractivity contribution < 1.29 is 0 Å². The predicted octanol–water partition coefficient (Wildman–Crippen LogP) is 3.40. The van der Waals surface area contributed by atoms with E-state index in [9.17, 15) is 0 Å². The van der Waals surface area contributed by atoms with Gasteiger partial charge in [-0.3, -0.25) is 0 Å². The maximum absolute atomic E-state index is 4.08. The zero-order valence-corrected chi connectivity index (χ0v) is 13.6. The predicted molar refractivity (Wildman–Crippen MR) is 81.4 cm³/mol. The normalized spacial score (nSPS) is 12.6. The number of benzene rings is 1. The molecule has 102 valence electrons. The first-order valence-electron chi connectivity index (χ1n) is 6.16. The molecule has 0 aliphatic carbocycles. The number of aromatic nitrogens is 3. The van der Waals surface area contributed by atoms with Gasteiger partial charge < -0.3 is 9.88 Å². The lowest BCUT2D eigenvalue weighted by Crippen LogP contribution is -2.17. The Morgan fingerprint density at radius 2 is 2.26 bits per heavy atom. The fourth-order valence-electron chi connectivity index (χ4n) is 1.76. The number of hydrogen-bond donors (Lipinski definition) is 1. The molecular weight excluding hydrogens is 324 g/mol. The van der Waals surface area contributed by atoms with Gasteiger partial charge in [0, 0.05) is 22.5 Å². The summed E-state index contributed by atoms with van der Waals surface area (Å²) in [7, 11) is 1.94. The summed E-state index contributed by atoms with van der Waals surface area (Å²) in [5.41, 5.74) is 1.27. The Bertz CT molecular complexity index is 555. The lowest BCUT2D eigenvalue weighted by molar-refractivity contribution is 0.597. The number of nitrogens with one attached hydrogen (secondary N) is 1. The van der Waals surface area contributed by atoms with Crippen LogP contribution in [-0.4, -0.2) is 21.3 Å². The highest BCUT2D eigenvalue weighted by atomic mass is 79.9. The average Bonchev–Trinajstić information content (AvgIpc) is 2.78. The molecular formula is C13H17BrN4S. The molecule has 0 aliphatic rings. The topological polar surface area (TPSA) is 42.7 Å². The van der Waals surface area contributed by atoms with Crippen LogP contribution in [0.4, 0.5) is 0 Å². The van der Waals surface area contributed by atoms with Crippen molar-refractivity contribution in [2.45, 2.75) is 29.9 Å². The molecule has 0 saturated heterocycles. The second-order valence-electron chi connectivity index (χ2n) is 4.30. The van der Waals surface area contributed by atoms with Crippen LogP contribution in [0, 0.1) is 0 Å². The molecule has 0 aliphatic heterocycles. The van der Waals surface area contributed by atoms with Crippen LogP contribution < -0.4 is 5.32 Å². The van der Waals surface area contributed by atoms with Gasteiger partial charge in [0.1, 0.15) is 6.33 Å². The van der Waals surface area contributed by atoms with E-state index >= 15 is 0 Å². The highest BCUT2D eigenvalue weighted by Crippen LogP contribution is 2.33. The zero-order chi connectivity index (χ0) is 13.8. The molecule has 1 N–H and O–H groups in total. The summed E-state index contributed by atoms with van der Waals surface area (Å²) in [6.07, 6.45) is 1.71. The Hall–Kier alpha value is -0.850. The maximum atomic E-state index is 4.08. The van der Waals surface area contributed by atoms with Crippen molar-refractivity contribution in [3.63, 3.8) is 0 Å². The van der Waals surface area contributed by atoms with E-state index in [-0.39, 0.29) is 0 Å². The van der Waals surface area contributed by atoms with Crippen LogP contribution in [0.1, 0.15) is 25.5 Å². The summed E-state index contributed by atoms with van der Waals surface area (Å²) in [6.45, 7) is 5.25. The largest absolute Gasteiger partial charge is 0.311 e. The molecule has 0 bridgehead atoms. The summed E-state index contributed by atoms with van der Waals surface area (Å²) in [6, 6.07) is 6.78. The SMILES string of the molecule is CCNC(C)c1ccc(Sc2nncn2C)c(Br)c1. The monoisotopic (exact) mass is 340 g/mol. The van der Waals surface area contributed by atoms with Crippen molar-refractivity contribution in [3.05, 3.63) is 34.6 Å². The third-order valence-electron chi connectivity index (χ3n) is 2.84. The van der Waals surface area contributed by atoms with Crippen molar-refractivity contribution in [3.8, 4) is 0 Å². The Morgan fingerprint density at radius 1 is 1.47 bits per heavy atom. The molecule has 2 rings (SSSR count). The van der Waals surface area contributed by atoms with Crippen LogP contribution in [0.2, 0.25) is 0 Å². The van der Waals surface area contributed by atoms with Gasteiger partial charge >= 0.3 is 0 Å². The van der Waals surface area contributed by atoms with E-state index in [1.54, 1.807) is 18.1 Å². The first-order chi connectivity index (χ1) is 9.11. The van der Waals surface area contributed by atoms with Crippen molar-refractivity contribution in [2.24, 2.45) is 7.05 Å². The number of halogens is 1. The van der Waals surface area contributed by atoms with Gasteiger partial charge in [0.25, 0.3) is 0 Å². The standard InChI is InChI=1S/C13H17BrN4S/c1-4-15-9(2)10-5-6-12(11(14)7-10)19-13-17-16-8-18(13)3/h5-9,15H,4H2,1-3H3. The fraction of sp³-hybridized carbons (Fsp3) is 0.385. The Morgan fingerprint density at radius 3 is 2.84 bits per heavy atom. The molecule has 19 heavy (non-hydrogen) atoms. The van der Waals surface area contributed by atoms with Gasteiger partial charge in [-0.15, -0.1) is 10.2 Å². The first-order valence-corrected chi connectivity index (χ1v) is 7.77. The van der Waals surface area contributed by atoms with Crippen molar-refractivity contribution >= 4 is 27.7 Å². The smallest absolute Gasteiger partial charge is 0.195 e. The van der Waals surface area contributed by atoms with Crippen LogP contribution >= 0.6 is 27.7 Å². The summed E-state index contributed by atoms with van der Waals surface area (Å²) >= 11 is 5.23. The molecule has 2 aromatic rings. The van der Waals surface area contributed by atoms with E-state index in [0.717, 1.165) is 21.1 Å². The number of nitrogens with zero attached hydrogens (tertiary/aromatic N) is 3. The maximum Gasteiger partial charge on any atom is 0.195 e. The summed E-state index contributed by atoms with van der Waals surface area (Å²) in [5.74, 6) is 0. The van der Waals surface area contributed by atoms with E-state index in [0.29, 0.717) is 6.04 Å². The highest BCUT2D eigenvalue weighted by Gasteiger charge is 2.10. The van der Waals surface area contributed by atoms with Gasteiger partial charge in [-0.05, 0) is 58.9 Å². The van der Waals surface area contributed by atoms with E-state index in [1.165, 1.54) is 5.56 Å². The molecule has 0 amide bonds. The van der Waals surface area contributed by atoms with E-state index < -0.39 is 0 Å². The molecule has 6 heteroatoms. The van der Waals surface area contributed by atoms with Crippen LogP contribution in [-0.2, 0) is 7.05 Å². The summed E-state index contributed by atoms with van der Waals surface area (Å²) in [5, 5.41) is 12.3. The zero-order valence-electron chi connectivity index (χ0n) is 11.2. The second kappa shape index (κ2) is 6.54. The van der Waals surface area contributed by atoms with Gasteiger partial charge in [0.15, 0.2) is 5.16 Å². The van der Waals surface area contributed by atoms with Gasteiger partial charge in [0.2, 0.25) is 0 Å². The molecule has 0 radical (unpaired) electrons. The third-order valence-corrected chi connectivity index (χ3v) is 4.88. The van der Waals surface area contributed by atoms with Gasteiger partial charge in [0.05, 0.1) is 0 Å². The molecule has 0 fully saturated rings. The van der Waals surface area contributed by atoms with Gasteiger partial charge in [-0.25, -0.2) is 0 Å². The number of aryl methyl sites for hydroxylation is 1. The quantitative estimate of drug-likeness (QED) is 0.905. The van der Waals surface area contributed by atoms with Crippen molar-refractivity contribution in [2.75, 3.05) is 6.54 Å². The molecule has 0 saturated carbocycles. The minimum absolute atomic E-state index is 0.357. The Balaban J connectivity index is 2.18. The van der Waals surface area contributed by atoms with Crippen LogP contribution in [0.3, 0.4) is 0 Å².